The molecule has 0 aliphatic rings. The summed E-state index contributed by atoms with van der Waals surface area (Å²) >= 11 is 1.88. The Balaban J connectivity index is 1.09. The number of allylic oxidation sites excluding steroid dienone is 1. The third-order valence-electron chi connectivity index (χ3n) is 12.7. The first-order valence-electron chi connectivity index (χ1n) is 21.5. The molecule has 0 atom stereocenters. The van der Waals surface area contributed by atoms with E-state index in [1.807, 2.05) is 11.3 Å². The molecule has 61 heavy (non-hydrogen) atoms. The van der Waals surface area contributed by atoms with Gasteiger partial charge in [-0.05, 0) is 132 Å². The number of hydrogen-bond donors (Lipinski definition) is 0. The highest BCUT2D eigenvalue weighted by Gasteiger charge is 2.23. The fourth-order valence-electron chi connectivity index (χ4n) is 9.93. The van der Waals surface area contributed by atoms with Crippen molar-refractivity contribution in [3.05, 3.63) is 198 Å². The molecule has 0 fully saturated rings. The van der Waals surface area contributed by atoms with Crippen LogP contribution in [0.4, 0.5) is 17.1 Å². The monoisotopic (exact) mass is 802 g/mol. The van der Waals surface area contributed by atoms with Crippen molar-refractivity contribution in [2.75, 3.05) is 4.90 Å². The SMILES string of the molecule is C/C=C\c1c(C)sc2cccc(-c3ccc(N(c4ccc(-c5ccc(CCC)c(-c6ccccc6C)c5)cc4)c4cccc5c4c4cccc6c7ccccc7n5c64)cc3)c12. The minimum atomic E-state index is 1.06. The van der Waals surface area contributed by atoms with Crippen LogP contribution in [0.1, 0.15) is 41.8 Å². The van der Waals surface area contributed by atoms with Crippen LogP contribution in [0.5, 0.6) is 0 Å². The summed E-state index contributed by atoms with van der Waals surface area (Å²) < 4.78 is 3.80. The van der Waals surface area contributed by atoms with E-state index in [9.17, 15) is 0 Å². The van der Waals surface area contributed by atoms with E-state index in [0.717, 1.165) is 29.9 Å². The van der Waals surface area contributed by atoms with Crippen molar-refractivity contribution in [3.63, 3.8) is 0 Å². The molecule has 0 radical (unpaired) electrons. The molecule has 0 saturated heterocycles. The highest BCUT2D eigenvalue weighted by Crippen LogP contribution is 2.47. The lowest BCUT2D eigenvalue weighted by molar-refractivity contribution is 0.923. The van der Waals surface area contributed by atoms with Crippen LogP contribution in [0.15, 0.2) is 176 Å². The predicted octanol–water partition coefficient (Wildman–Crippen LogP) is 17.1. The standard InChI is InChI=1S/C58H46N2S/c1-5-14-40-26-27-42(36-51(40)45-17-8-7-16-37(45)3)39-28-32-43(33-29-39)59(44-34-30-41(31-35-44)47-19-12-25-55-56(47)46(15-6-2)38(4)61-55)53-23-13-24-54-57(53)50-21-11-20-49-48-18-9-10-22-52(48)60(54)58(49)50/h6-13,15-36H,5,14H2,1-4H3/b15-6-. The van der Waals surface area contributed by atoms with E-state index in [0.29, 0.717) is 0 Å². The number of aryl methyl sites for hydroxylation is 3. The summed E-state index contributed by atoms with van der Waals surface area (Å²) in [4.78, 5) is 3.81. The van der Waals surface area contributed by atoms with Gasteiger partial charge in [0.05, 0.1) is 22.2 Å². The second kappa shape index (κ2) is 15.0. The highest BCUT2D eigenvalue weighted by molar-refractivity contribution is 7.19. The number of fused-ring (bicyclic) bond motifs is 7. The molecule has 294 valence electrons. The first-order valence-corrected chi connectivity index (χ1v) is 22.3. The summed E-state index contributed by atoms with van der Waals surface area (Å²) in [5.74, 6) is 0. The minimum Gasteiger partial charge on any atom is -0.310 e. The van der Waals surface area contributed by atoms with Crippen LogP contribution in [0.3, 0.4) is 0 Å². The number of rotatable bonds is 9. The Morgan fingerprint density at radius 1 is 0.557 bits per heavy atom. The molecule has 0 bridgehead atoms. The van der Waals surface area contributed by atoms with Gasteiger partial charge in [-0.1, -0.05) is 141 Å². The van der Waals surface area contributed by atoms with Gasteiger partial charge in [0.25, 0.3) is 0 Å². The van der Waals surface area contributed by atoms with E-state index in [1.54, 1.807) is 0 Å². The van der Waals surface area contributed by atoms with Gasteiger partial charge in [-0.25, -0.2) is 0 Å². The van der Waals surface area contributed by atoms with Crippen molar-refractivity contribution in [1.29, 1.82) is 0 Å². The molecule has 3 heteroatoms. The molecule has 3 heterocycles. The molecule has 0 amide bonds. The maximum absolute atomic E-state index is 2.48. The van der Waals surface area contributed by atoms with Crippen molar-refractivity contribution in [2.24, 2.45) is 0 Å². The summed E-state index contributed by atoms with van der Waals surface area (Å²) in [6.07, 6.45) is 6.59. The van der Waals surface area contributed by atoms with Crippen LogP contribution in [-0.2, 0) is 6.42 Å². The Kier molecular flexibility index (Phi) is 9.09. The zero-order chi connectivity index (χ0) is 41.2. The van der Waals surface area contributed by atoms with Crippen molar-refractivity contribution in [1.82, 2.24) is 4.40 Å². The van der Waals surface area contributed by atoms with Crippen LogP contribution < -0.4 is 4.90 Å². The molecule has 0 unspecified atom stereocenters. The van der Waals surface area contributed by atoms with E-state index in [-0.39, 0.29) is 0 Å². The molecular weight excluding hydrogens is 757 g/mol. The number of hydrogen-bond acceptors (Lipinski definition) is 2. The van der Waals surface area contributed by atoms with Crippen LogP contribution >= 0.6 is 11.3 Å². The number of para-hydroxylation sites is 2. The zero-order valence-electron chi connectivity index (χ0n) is 35.0. The molecular formula is C58H46N2S. The molecule has 11 aromatic rings. The van der Waals surface area contributed by atoms with E-state index >= 15 is 0 Å². The Hall–Kier alpha value is -6.94. The van der Waals surface area contributed by atoms with Gasteiger partial charge in [0, 0.05) is 47.9 Å². The first kappa shape index (κ1) is 37.1. The van der Waals surface area contributed by atoms with Crippen LogP contribution in [0.2, 0.25) is 0 Å². The Morgan fingerprint density at radius 3 is 2.00 bits per heavy atom. The Labute approximate surface area is 361 Å². The quantitative estimate of drug-likeness (QED) is 0.141. The summed E-state index contributed by atoms with van der Waals surface area (Å²) in [5.41, 5.74) is 18.7. The van der Waals surface area contributed by atoms with Crippen molar-refractivity contribution in [2.45, 2.75) is 40.5 Å². The van der Waals surface area contributed by atoms with Crippen LogP contribution in [-0.4, -0.2) is 4.40 Å². The number of benzene rings is 8. The summed E-state index contributed by atoms with van der Waals surface area (Å²) in [5, 5.41) is 6.44. The van der Waals surface area contributed by atoms with Crippen LogP contribution in [0, 0.1) is 13.8 Å². The molecule has 0 aliphatic carbocycles. The number of anilines is 3. The third kappa shape index (κ3) is 5.98. The van der Waals surface area contributed by atoms with Gasteiger partial charge in [-0.3, -0.25) is 0 Å². The molecule has 0 spiro atoms. The van der Waals surface area contributed by atoms with Gasteiger partial charge >= 0.3 is 0 Å². The minimum absolute atomic E-state index is 1.06. The molecule has 3 aromatic heterocycles. The molecule has 11 rings (SSSR count). The van der Waals surface area contributed by atoms with E-state index < -0.39 is 0 Å². The lowest BCUT2D eigenvalue weighted by Gasteiger charge is -2.27. The largest absolute Gasteiger partial charge is 0.310 e. The summed E-state index contributed by atoms with van der Waals surface area (Å²) in [6.45, 7) is 8.83. The lowest BCUT2D eigenvalue weighted by atomic mass is 9.90. The Bertz CT molecular complexity index is 3450. The van der Waals surface area contributed by atoms with Crippen molar-refractivity contribution in [3.8, 4) is 33.4 Å². The Morgan fingerprint density at radius 2 is 1.21 bits per heavy atom. The fourth-order valence-corrected chi connectivity index (χ4v) is 11.0. The van der Waals surface area contributed by atoms with Crippen LogP contribution in [0.25, 0.3) is 87.6 Å². The highest BCUT2D eigenvalue weighted by atomic mass is 32.1. The molecule has 2 nitrogen and oxygen atoms in total. The summed E-state index contributed by atoms with van der Waals surface area (Å²) in [6, 6.07) is 63.4. The van der Waals surface area contributed by atoms with Gasteiger partial charge in [0.2, 0.25) is 0 Å². The normalized spacial score (nSPS) is 12.0. The zero-order valence-corrected chi connectivity index (χ0v) is 35.9. The van der Waals surface area contributed by atoms with E-state index in [2.05, 4.69) is 219 Å². The van der Waals surface area contributed by atoms with Crippen molar-refractivity contribution >= 4 is 82.7 Å². The lowest BCUT2D eigenvalue weighted by Crippen LogP contribution is -2.10. The van der Waals surface area contributed by atoms with Gasteiger partial charge in [0.15, 0.2) is 0 Å². The number of nitrogens with zero attached hydrogens (tertiary/aromatic N) is 2. The second-order valence-electron chi connectivity index (χ2n) is 16.3. The molecule has 0 N–H and O–H groups in total. The second-order valence-corrected chi connectivity index (χ2v) is 17.6. The first-order chi connectivity index (χ1) is 30.0. The summed E-state index contributed by atoms with van der Waals surface area (Å²) in [7, 11) is 0. The maximum atomic E-state index is 2.48. The van der Waals surface area contributed by atoms with Gasteiger partial charge in [-0.2, -0.15) is 0 Å². The smallest absolute Gasteiger partial charge is 0.0621 e. The average molecular weight is 803 g/mol. The molecule has 0 aliphatic heterocycles. The van der Waals surface area contributed by atoms with E-state index in [1.165, 1.54) is 103 Å². The topological polar surface area (TPSA) is 7.65 Å². The molecule has 8 aromatic carbocycles. The molecule has 0 saturated carbocycles. The van der Waals surface area contributed by atoms with Gasteiger partial charge < -0.3 is 9.30 Å². The number of aromatic nitrogens is 1. The number of thiophene rings is 1. The maximum Gasteiger partial charge on any atom is 0.0621 e. The third-order valence-corrected chi connectivity index (χ3v) is 13.8. The predicted molar refractivity (Wildman–Crippen MR) is 266 cm³/mol. The van der Waals surface area contributed by atoms with E-state index in [4.69, 9.17) is 0 Å². The van der Waals surface area contributed by atoms with Gasteiger partial charge in [-0.15, -0.1) is 11.3 Å². The fraction of sp³-hybridized carbons (Fsp3) is 0.103. The van der Waals surface area contributed by atoms with Gasteiger partial charge in [0.1, 0.15) is 0 Å². The van der Waals surface area contributed by atoms with Crippen molar-refractivity contribution < 1.29 is 0 Å². The average Bonchev–Trinajstić information content (AvgIpc) is 3.94.